The molecule has 4 rings (SSSR count). The molecule has 1 heterocycles. The van der Waals surface area contributed by atoms with Crippen LogP contribution in [0.4, 0.5) is 17.1 Å². The molecule has 0 saturated carbocycles. The summed E-state index contributed by atoms with van der Waals surface area (Å²) in [5.41, 5.74) is 0.304. The van der Waals surface area contributed by atoms with Gasteiger partial charge in [-0.25, -0.2) is 0 Å². The molecule has 0 radical (unpaired) electrons. The molecule has 0 atom stereocenters. The minimum atomic E-state index is -0.905. The molecular formula is C24H18N4O7. The van der Waals surface area contributed by atoms with E-state index in [1.807, 2.05) is 0 Å². The van der Waals surface area contributed by atoms with Gasteiger partial charge in [0.1, 0.15) is 17.9 Å². The number of nitrogens with one attached hydrogen (secondary N) is 2. The topological polar surface area (TPSA) is 148 Å². The number of carbonyl (C=O) groups excluding carboxylic acids is 4. The highest BCUT2D eigenvalue weighted by Crippen LogP contribution is 2.30. The number of hydrogen-bond acceptors (Lipinski definition) is 7. The third-order valence-electron chi connectivity index (χ3n) is 5.25. The van der Waals surface area contributed by atoms with Crippen molar-refractivity contribution < 1.29 is 28.8 Å². The summed E-state index contributed by atoms with van der Waals surface area (Å²) in [7, 11) is 1.54. The Bertz CT molecular complexity index is 1350. The standard InChI is InChI=1S/C24H18N4O7/c1-35-17-11-9-16(10-12-17)26-22(30)14-5-7-15(8-6-14)25-20(29)13-27-23(31)18-3-2-4-19(28(33)34)21(18)24(27)32/h2-12H,13H2,1H3,(H,25,29)(H,26,30). The Morgan fingerprint density at radius 2 is 1.54 bits per heavy atom. The van der Waals surface area contributed by atoms with Gasteiger partial charge in [0.05, 0.1) is 17.6 Å². The van der Waals surface area contributed by atoms with E-state index in [0.717, 1.165) is 6.07 Å². The average Bonchev–Trinajstić information content (AvgIpc) is 3.09. The number of nitro groups is 1. The maximum absolute atomic E-state index is 12.6. The lowest BCUT2D eigenvalue weighted by molar-refractivity contribution is -0.385. The van der Waals surface area contributed by atoms with Crippen LogP contribution in [0.15, 0.2) is 66.7 Å². The summed E-state index contributed by atoms with van der Waals surface area (Å²) in [4.78, 5) is 61.1. The van der Waals surface area contributed by atoms with Crippen LogP contribution in [0.25, 0.3) is 0 Å². The van der Waals surface area contributed by atoms with Crippen molar-refractivity contribution in [3.8, 4) is 5.75 Å². The largest absolute Gasteiger partial charge is 0.497 e. The summed E-state index contributed by atoms with van der Waals surface area (Å²) < 4.78 is 5.07. The molecule has 176 valence electrons. The van der Waals surface area contributed by atoms with E-state index >= 15 is 0 Å². The lowest BCUT2D eigenvalue weighted by Gasteiger charge is -2.13. The molecule has 0 spiro atoms. The van der Waals surface area contributed by atoms with Crippen LogP contribution in [-0.4, -0.2) is 47.1 Å². The summed E-state index contributed by atoms with van der Waals surface area (Å²) in [6, 6.07) is 16.5. The van der Waals surface area contributed by atoms with Crippen molar-refractivity contribution in [2.24, 2.45) is 0 Å². The first-order valence-corrected chi connectivity index (χ1v) is 10.3. The zero-order valence-corrected chi connectivity index (χ0v) is 18.3. The van der Waals surface area contributed by atoms with Gasteiger partial charge >= 0.3 is 0 Å². The maximum atomic E-state index is 12.6. The van der Waals surface area contributed by atoms with Gasteiger partial charge in [0.2, 0.25) is 5.91 Å². The minimum absolute atomic E-state index is 0.121. The van der Waals surface area contributed by atoms with E-state index in [4.69, 9.17) is 4.74 Å². The Balaban J connectivity index is 1.38. The average molecular weight is 474 g/mol. The van der Waals surface area contributed by atoms with Crippen molar-refractivity contribution in [2.75, 3.05) is 24.3 Å². The van der Waals surface area contributed by atoms with E-state index < -0.39 is 34.9 Å². The van der Waals surface area contributed by atoms with Gasteiger partial charge in [0.15, 0.2) is 0 Å². The molecule has 0 bridgehead atoms. The number of nitro benzene ring substituents is 1. The fourth-order valence-corrected chi connectivity index (χ4v) is 3.54. The van der Waals surface area contributed by atoms with Gasteiger partial charge in [-0.05, 0) is 54.6 Å². The number of carbonyl (C=O) groups is 4. The number of amides is 4. The summed E-state index contributed by atoms with van der Waals surface area (Å²) in [6.45, 7) is -0.622. The van der Waals surface area contributed by atoms with Crippen molar-refractivity contribution in [3.05, 3.63) is 93.5 Å². The van der Waals surface area contributed by atoms with Crippen LogP contribution in [0.3, 0.4) is 0 Å². The first-order chi connectivity index (χ1) is 16.8. The van der Waals surface area contributed by atoms with Crippen LogP contribution in [0.2, 0.25) is 0 Å². The zero-order valence-electron chi connectivity index (χ0n) is 18.3. The second-order valence-electron chi connectivity index (χ2n) is 7.46. The van der Waals surface area contributed by atoms with Crippen LogP contribution in [0, 0.1) is 10.1 Å². The third kappa shape index (κ3) is 4.69. The fourth-order valence-electron chi connectivity index (χ4n) is 3.54. The van der Waals surface area contributed by atoms with Crippen molar-refractivity contribution in [2.45, 2.75) is 0 Å². The van der Waals surface area contributed by atoms with E-state index in [0.29, 0.717) is 27.6 Å². The molecule has 2 N–H and O–H groups in total. The summed E-state index contributed by atoms with van der Waals surface area (Å²) in [5.74, 6) is -2.08. The predicted molar refractivity (Wildman–Crippen MR) is 124 cm³/mol. The molecule has 35 heavy (non-hydrogen) atoms. The van der Waals surface area contributed by atoms with Crippen LogP contribution < -0.4 is 15.4 Å². The Kier molecular flexibility index (Phi) is 6.23. The monoisotopic (exact) mass is 474 g/mol. The van der Waals surface area contributed by atoms with Crippen molar-refractivity contribution >= 4 is 40.7 Å². The predicted octanol–water partition coefficient (Wildman–Crippen LogP) is 3.09. The normalized spacial score (nSPS) is 12.2. The second kappa shape index (κ2) is 9.43. The number of hydrogen-bond donors (Lipinski definition) is 2. The Hall–Kier alpha value is -5.06. The molecule has 0 aliphatic carbocycles. The van der Waals surface area contributed by atoms with Crippen LogP contribution in [0.1, 0.15) is 31.1 Å². The Morgan fingerprint density at radius 3 is 2.17 bits per heavy atom. The van der Waals surface area contributed by atoms with Gasteiger partial charge in [0.25, 0.3) is 23.4 Å². The van der Waals surface area contributed by atoms with E-state index in [1.54, 1.807) is 31.4 Å². The van der Waals surface area contributed by atoms with E-state index in [1.165, 1.54) is 36.4 Å². The SMILES string of the molecule is COc1ccc(NC(=O)c2ccc(NC(=O)CN3C(=O)c4cccc([N+](=O)[O-])c4C3=O)cc2)cc1. The summed E-state index contributed by atoms with van der Waals surface area (Å²) >= 11 is 0. The third-order valence-corrected chi connectivity index (χ3v) is 5.25. The number of rotatable bonds is 7. The molecule has 1 aliphatic heterocycles. The number of fused-ring (bicyclic) bond motifs is 1. The Labute approximate surface area is 198 Å². The first-order valence-electron chi connectivity index (χ1n) is 10.3. The smallest absolute Gasteiger partial charge is 0.282 e. The van der Waals surface area contributed by atoms with Crippen LogP contribution >= 0.6 is 0 Å². The van der Waals surface area contributed by atoms with Gasteiger partial charge in [0, 0.05) is 23.0 Å². The molecule has 11 nitrogen and oxygen atoms in total. The number of benzene rings is 3. The van der Waals surface area contributed by atoms with E-state index in [2.05, 4.69) is 10.6 Å². The number of imide groups is 1. The zero-order chi connectivity index (χ0) is 25.1. The molecule has 0 saturated heterocycles. The van der Waals surface area contributed by atoms with Gasteiger partial charge in [-0.15, -0.1) is 0 Å². The summed E-state index contributed by atoms with van der Waals surface area (Å²) in [6.07, 6.45) is 0. The highest BCUT2D eigenvalue weighted by molar-refractivity contribution is 6.24. The fraction of sp³-hybridized carbons (Fsp3) is 0.0833. The molecular weight excluding hydrogens is 456 g/mol. The number of nitrogens with zero attached hydrogens (tertiary/aromatic N) is 2. The molecule has 1 aliphatic rings. The number of anilines is 2. The lowest BCUT2D eigenvalue weighted by atomic mass is 10.1. The Morgan fingerprint density at radius 1 is 0.914 bits per heavy atom. The summed E-state index contributed by atoms with van der Waals surface area (Å²) in [5, 5.41) is 16.5. The molecule has 11 heteroatoms. The molecule has 3 aromatic carbocycles. The van der Waals surface area contributed by atoms with Crippen molar-refractivity contribution in [1.82, 2.24) is 4.90 Å². The van der Waals surface area contributed by atoms with Gasteiger partial charge in [-0.3, -0.25) is 34.2 Å². The maximum Gasteiger partial charge on any atom is 0.282 e. The van der Waals surface area contributed by atoms with Gasteiger partial charge in [-0.1, -0.05) is 6.07 Å². The van der Waals surface area contributed by atoms with Crippen molar-refractivity contribution in [3.63, 3.8) is 0 Å². The quantitative estimate of drug-likeness (QED) is 0.304. The second-order valence-corrected chi connectivity index (χ2v) is 7.46. The minimum Gasteiger partial charge on any atom is -0.497 e. The molecule has 0 unspecified atom stereocenters. The van der Waals surface area contributed by atoms with Gasteiger partial charge in [-0.2, -0.15) is 0 Å². The lowest BCUT2D eigenvalue weighted by Crippen LogP contribution is -2.37. The molecule has 0 aromatic heterocycles. The van der Waals surface area contributed by atoms with E-state index in [-0.39, 0.29) is 17.0 Å². The highest BCUT2D eigenvalue weighted by atomic mass is 16.6. The van der Waals surface area contributed by atoms with Crippen LogP contribution in [-0.2, 0) is 4.79 Å². The van der Waals surface area contributed by atoms with Crippen molar-refractivity contribution in [1.29, 1.82) is 0 Å². The van der Waals surface area contributed by atoms with E-state index in [9.17, 15) is 29.3 Å². The van der Waals surface area contributed by atoms with Crippen LogP contribution in [0.5, 0.6) is 5.75 Å². The molecule has 4 amide bonds. The highest BCUT2D eigenvalue weighted by Gasteiger charge is 2.41. The first kappa shape index (κ1) is 23.1. The molecule has 3 aromatic rings. The molecule has 0 fully saturated rings. The number of ether oxygens (including phenoxy) is 1. The number of methoxy groups -OCH3 is 1. The van der Waals surface area contributed by atoms with Gasteiger partial charge < -0.3 is 15.4 Å².